The summed E-state index contributed by atoms with van der Waals surface area (Å²) in [7, 11) is 0. The van der Waals surface area contributed by atoms with Gasteiger partial charge in [-0.3, -0.25) is 19.8 Å². The molecular weight excluding hydrogens is 412 g/mol. The summed E-state index contributed by atoms with van der Waals surface area (Å²) in [5, 5.41) is 2.44. The Morgan fingerprint density at radius 3 is 2.56 bits per heavy atom. The van der Waals surface area contributed by atoms with Gasteiger partial charge < -0.3 is 19.3 Å². The lowest BCUT2D eigenvalue weighted by molar-refractivity contribution is -0.140. The molecule has 3 aliphatic heterocycles. The van der Waals surface area contributed by atoms with Gasteiger partial charge in [0, 0.05) is 44.8 Å². The molecule has 32 heavy (non-hydrogen) atoms. The normalized spacial score (nSPS) is 22.8. The number of fused-ring (bicyclic) bond motifs is 1. The fourth-order valence-corrected chi connectivity index (χ4v) is 4.34. The molecule has 4 rings (SSSR count). The Hall–Kier alpha value is -2.65. The molecule has 174 valence electrons. The molecule has 3 heterocycles. The number of carbonyl (C=O) groups excluding carboxylic acids is 3. The molecule has 2 fully saturated rings. The lowest BCUT2D eigenvalue weighted by atomic mass is 10.0. The number of rotatable bonds is 2. The van der Waals surface area contributed by atoms with Crippen molar-refractivity contribution in [3.8, 4) is 0 Å². The Balaban J connectivity index is 1.42. The van der Waals surface area contributed by atoms with Gasteiger partial charge in [0.2, 0.25) is 11.8 Å². The molecule has 0 aromatic heterocycles. The number of anilines is 1. The third kappa shape index (κ3) is 5.21. The third-order valence-corrected chi connectivity index (χ3v) is 6.03. The van der Waals surface area contributed by atoms with Gasteiger partial charge in [0.1, 0.15) is 12.3 Å². The van der Waals surface area contributed by atoms with Crippen molar-refractivity contribution < 1.29 is 23.9 Å². The van der Waals surface area contributed by atoms with Crippen molar-refractivity contribution in [1.82, 2.24) is 15.1 Å². The van der Waals surface area contributed by atoms with E-state index in [-0.39, 0.29) is 23.9 Å². The van der Waals surface area contributed by atoms with E-state index < -0.39 is 5.60 Å². The predicted octanol–water partition coefficient (Wildman–Crippen LogP) is 1.84. The Bertz CT molecular complexity index is 889. The van der Waals surface area contributed by atoms with Crippen LogP contribution < -0.4 is 10.2 Å². The van der Waals surface area contributed by atoms with E-state index in [0.717, 1.165) is 29.9 Å². The van der Waals surface area contributed by atoms with Crippen molar-refractivity contribution in [1.29, 1.82) is 0 Å². The maximum atomic E-state index is 12.3. The van der Waals surface area contributed by atoms with Crippen LogP contribution in [0.3, 0.4) is 0 Å². The monoisotopic (exact) mass is 444 g/mol. The second-order valence-electron chi connectivity index (χ2n) is 9.60. The molecule has 0 aliphatic carbocycles. The highest BCUT2D eigenvalue weighted by atomic mass is 16.6. The van der Waals surface area contributed by atoms with Gasteiger partial charge in [-0.2, -0.15) is 0 Å². The van der Waals surface area contributed by atoms with E-state index in [2.05, 4.69) is 28.4 Å². The topological polar surface area (TPSA) is 91.4 Å². The highest BCUT2D eigenvalue weighted by Gasteiger charge is 2.33. The van der Waals surface area contributed by atoms with Gasteiger partial charge in [0.15, 0.2) is 0 Å². The first-order valence-corrected chi connectivity index (χ1v) is 11.2. The predicted molar refractivity (Wildman–Crippen MR) is 118 cm³/mol. The number of amides is 3. The summed E-state index contributed by atoms with van der Waals surface area (Å²) in [6, 6.07) is 5.97. The molecule has 0 radical (unpaired) electrons. The number of carbonyl (C=O) groups is 3. The smallest absolute Gasteiger partial charge is 0.410 e. The van der Waals surface area contributed by atoms with Crippen LogP contribution in [0.25, 0.3) is 0 Å². The minimum absolute atomic E-state index is 0.213. The van der Waals surface area contributed by atoms with E-state index in [4.69, 9.17) is 9.47 Å². The van der Waals surface area contributed by atoms with Crippen LogP contribution in [0.1, 0.15) is 44.7 Å². The van der Waals surface area contributed by atoms with Crippen LogP contribution in [-0.4, -0.2) is 72.3 Å². The Kier molecular flexibility index (Phi) is 6.39. The molecule has 1 aromatic carbocycles. The number of piperazine rings is 1. The second-order valence-corrected chi connectivity index (χ2v) is 9.60. The average Bonchev–Trinajstić information content (AvgIpc) is 2.94. The highest BCUT2D eigenvalue weighted by molar-refractivity contribution is 6.00. The zero-order valence-corrected chi connectivity index (χ0v) is 19.1. The number of hydrogen-bond acceptors (Lipinski definition) is 7. The minimum Gasteiger partial charge on any atom is -0.444 e. The standard InChI is InChI=1S/C23H32N4O5/c1-23(2,3)32-22(30)26-10-8-25(9-11-26)18-5-4-16-14-31-15-27(13-17(16)12-18)19-6-7-20(28)24-21(19)29/h4-5,12,19H,6-11,13-15H2,1-3H3,(H,24,28,29). The molecule has 1 N–H and O–H groups in total. The van der Waals surface area contributed by atoms with Gasteiger partial charge in [-0.05, 0) is 50.5 Å². The summed E-state index contributed by atoms with van der Waals surface area (Å²) in [4.78, 5) is 42.2. The van der Waals surface area contributed by atoms with Crippen LogP contribution in [0.4, 0.5) is 10.5 Å². The lowest BCUT2D eigenvalue weighted by Gasteiger charge is -2.37. The largest absolute Gasteiger partial charge is 0.444 e. The first-order valence-electron chi connectivity index (χ1n) is 11.2. The summed E-state index contributed by atoms with van der Waals surface area (Å²) >= 11 is 0. The molecule has 1 aromatic rings. The number of nitrogens with one attached hydrogen (secondary N) is 1. The van der Waals surface area contributed by atoms with Crippen LogP contribution in [0, 0.1) is 0 Å². The molecule has 9 heteroatoms. The van der Waals surface area contributed by atoms with Crippen molar-refractivity contribution >= 4 is 23.6 Å². The minimum atomic E-state index is -0.498. The van der Waals surface area contributed by atoms with Gasteiger partial charge in [-0.15, -0.1) is 0 Å². The SMILES string of the molecule is CC(C)(C)OC(=O)N1CCN(c2ccc3c(c2)CN(C2CCC(=O)NC2=O)COC3)CC1. The zero-order chi connectivity index (χ0) is 22.9. The quantitative estimate of drug-likeness (QED) is 0.696. The number of nitrogens with zero attached hydrogens (tertiary/aromatic N) is 3. The molecule has 2 saturated heterocycles. The van der Waals surface area contributed by atoms with Gasteiger partial charge in [0.25, 0.3) is 0 Å². The Morgan fingerprint density at radius 1 is 1.12 bits per heavy atom. The van der Waals surface area contributed by atoms with E-state index in [1.807, 2.05) is 25.7 Å². The van der Waals surface area contributed by atoms with Crippen LogP contribution in [0.2, 0.25) is 0 Å². The number of benzene rings is 1. The number of ether oxygens (including phenoxy) is 2. The van der Waals surface area contributed by atoms with Crippen LogP contribution in [0.15, 0.2) is 18.2 Å². The number of hydrogen-bond donors (Lipinski definition) is 1. The van der Waals surface area contributed by atoms with Crippen molar-refractivity contribution in [2.75, 3.05) is 37.8 Å². The fourth-order valence-electron chi connectivity index (χ4n) is 4.34. The van der Waals surface area contributed by atoms with Gasteiger partial charge in [-0.1, -0.05) is 6.07 Å². The van der Waals surface area contributed by atoms with Crippen molar-refractivity contribution in [2.45, 2.75) is 58.4 Å². The van der Waals surface area contributed by atoms with Crippen molar-refractivity contribution in [3.63, 3.8) is 0 Å². The average molecular weight is 445 g/mol. The molecule has 9 nitrogen and oxygen atoms in total. The second kappa shape index (κ2) is 9.07. The Labute approximate surface area is 188 Å². The molecule has 0 spiro atoms. The van der Waals surface area contributed by atoms with E-state index >= 15 is 0 Å². The van der Waals surface area contributed by atoms with E-state index in [9.17, 15) is 14.4 Å². The third-order valence-electron chi connectivity index (χ3n) is 6.03. The van der Waals surface area contributed by atoms with E-state index in [1.54, 1.807) is 4.90 Å². The van der Waals surface area contributed by atoms with Gasteiger partial charge in [0.05, 0.1) is 12.6 Å². The fraction of sp³-hybridized carbons (Fsp3) is 0.609. The van der Waals surface area contributed by atoms with Crippen molar-refractivity contribution in [2.24, 2.45) is 0 Å². The molecular formula is C23H32N4O5. The molecule has 1 atom stereocenters. The highest BCUT2D eigenvalue weighted by Crippen LogP contribution is 2.27. The number of imide groups is 1. The molecule has 3 aliphatic rings. The maximum Gasteiger partial charge on any atom is 0.410 e. The molecule has 0 saturated carbocycles. The van der Waals surface area contributed by atoms with Crippen LogP contribution in [0.5, 0.6) is 0 Å². The Morgan fingerprint density at radius 2 is 1.88 bits per heavy atom. The zero-order valence-electron chi connectivity index (χ0n) is 19.1. The summed E-state index contributed by atoms with van der Waals surface area (Å²) in [6.45, 7) is 9.73. The van der Waals surface area contributed by atoms with Crippen LogP contribution in [-0.2, 0) is 32.2 Å². The summed E-state index contributed by atoms with van der Waals surface area (Å²) in [5.41, 5.74) is 2.83. The summed E-state index contributed by atoms with van der Waals surface area (Å²) in [6.07, 6.45) is 0.591. The lowest BCUT2D eigenvalue weighted by Crippen LogP contribution is -2.52. The summed E-state index contributed by atoms with van der Waals surface area (Å²) in [5.74, 6) is -0.460. The van der Waals surface area contributed by atoms with Gasteiger partial charge >= 0.3 is 6.09 Å². The summed E-state index contributed by atoms with van der Waals surface area (Å²) < 4.78 is 11.3. The van der Waals surface area contributed by atoms with Gasteiger partial charge in [-0.25, -0.2) is 4.79 Å². The van der Waals surface area contributed by atoms with Crippen molar-refractivity contribution in [3.05, 3.63) is 29.3 Å². The first-order chi connectivity index (χ1) is 15.2. The molecule has 0 bridgehead atoms. The van der Waals surface area contributed by atoms with E-state index in [1.165, 1.54) is 0 Å². The molecule has 3 amide bonds. The number of piperidine rings is 1. The maximum absolute atomic E-state index is 12.3. The first kappa shape index (κ1) is 22.5. The van der Waals surface area contributed by atoms with E-state index in [0.29, 0.717) is 45.8 Å². The molecule has 1 unspecified atom stereocenters. The van der Waals surface area contributed by atoms with Crippen LogP contribution >= 0.6 is 0 Å².